The maximum atomic E-state index is 8.70. The van der Waals surface area contributed by atoms with Crippen LogP contribution in [0.4, 0.5) is 5.69 Å². The third kappa shape index (κ3) is 2.62. The van der Waals surface area contributed by atoms with Crippen molar-refractivity contribution in [3.05, 3.63) is 22.2 Å². The van der Waals surface area contributed by atoms with Gasteiger partial charge in [0.2, 0.25) is 0 Å². The van der Waals surface area contributed by atoms with Crippen LogP contribution in [0.15, 0.2) is 16.6 Å². The zero-order valence-electron chi connectivity index (χ0n) is 8.30. The van der Waals surface area contributed by atoms with E-state index in [9.17, 15) is 0 Å². The minimum absolute atomic E-state index is 0.106. The number of halogens is 1. The molecule has 0 aromatic heterocycles. The monoisotopic (exact) mass is 259 g/mol. The quantitative estimate of drug-likeness (QED) is 0.871. The van der Waals surface area contributed by atoms with E-state index in [0.717, 1.165) is 21.5 Å². The van der Waals surface area contributed by atoms with Gasteiger partial charge in [0.25, 0.3) is 0 Å². The molecule has 14 heavy (non-hydrogen) atoms. The van der Waals surface area contributed by atoms with Gasteiger partial charge in [0.05, 0.1) is 19.4 Å². The average Bonchev–Trinajstić information content (AvgIpc) is 2.19. The number of rotatable bonds is 4. The van der Waals surface area contributed by atoms with Gasteiger partial charge in [-0.1, -0.05) is 15.9 Å². The number of anilines is 1. The molecule has 0 radical (unpaired) electrons. The third-order valence-corrected chi connectivity index (χ3v) is 2.76. The molecule has 1 aromatic rings. The number of aliphatic hydroxyl groups excluding tert-OH is 1. The molecule has 0 saturated heterocycles. The first-order valence-corrected chi connectivity index (χ1v) is 5.17. The van der Waals surface area contributed by atoms with Gasteiger partial charge < -0.3 is 15.2 Å². The molecule has 0 unspecified atom stereocenters. The Kier molecular flexibility index (Phi) is 4.22. The van der Waals surface area contributed by atoms with Crippen LogP contribution in [0.3, 0.4) is 0 Å². The van der Waals surface area contributed by atoms with Crippen LogP contribution in [-0.2, 0) is 0 Å². The predicted octanol–water partition coefficient (Wildman–Crippen LogP) is 2.17. The van der Waals surface area contributed by atoms with Crippen LogP contribution >= 0.6 is 15.9 Å². The van der Waals surface area contributed by atoms with Crippen LogP contribution in [0.5, 0.6) is 5.75 Å². The molecular formula is C10H14BrNO2. The largest absolute Gasteiger partial charge is 0.495 e. The summed E-state index contributed by atoms with van der Waals surface area (Å²) in [5.74, 6) is 0.791. The van der Waals surface area contributed by atoms with Crippen LogP contribution in [0.1, 0.15) is 5.56 Å². The highest BCUT2D eigenvalue weighted by atomic mass is 79.9. The van der Waals surface area contributed by atoms with Crippen LogP contribution in [0, 0.1) is 6.92 Å². The topological polar surface area (TPSA) is 41.5 Å². The highest BCUT2D eigenvalue weighted by molar-refractivity contribution is 9.10. The van der Waals surface area contributed by atoms with E-state index in [2.05, 4.69) is 21.2 Å². The molecule has 2 N–H and O–H groups in total. The standard InChI is InChI=1S/C10H14BrNO2/c1-7-5-10(14-2)9(6-8(7)11)12-3-4-13/h5-6,12-13H,3-4H2,1-2H3. The lowest BCUT2D eigenvalue weighted by Crippen LogP contribution is -2.06. The van der Waals surface area contributed by atoms with Crippen molar-refractivity contribution in [2.24, 2.45) is 0 Å². The van der Waals surface area contributed by atoms with Gasteiger partial charge in [0, 0.05) is 11.0 Å². The molecule has 0 fully saturated rings. The van der Waals surface area contributed by atoms with Gasteiger partial charge in [0.1, 0.15) is 5.75 Å². The van der Waals surface area contributed by atoms with Gasteiger partial charge in [-0.15, -0.1) is 0 Å². The van der Waals surface area contributed by atoms with Crippen molar-refractivity contribution in [3.63, 3.8) is 0 Å². The Hall–Kier alpha value is -0.740. The number of benzene rings is 1. The lowest BCUT2D eigenvalue weighted by Gasteiger charge is -2.12. The van der Waals surface area contributed by atoms with E-state index in [4.69, 9.17) is 9.84 Å². The van der Waals surface area contributed by atoms with Crippen LogP contribution in [-0.4, -0.2) is 25.4 Å². The predicted molar refractivity (Wildman–Crippen MR) is 61.0 cm³/mol. The minimum atomic E-state index is 0.106. The number of hydrogen-bond donors (Lipinski definition) is 2. The second-order valence-electron chi connectivity index (χ2n) is 2.95. The molecule has 0 heterocycles. The molecule has 0 aliphatic carbocycles. The average molecular weight is 260 g/mol. The number of hydrogen-bond acceptors (Lipinski definition) is 3. The maximum Gasteiger partial charge on any atom is 0.142 e. The van der Waals surface area contributed by atoms with Gasteiger partial charge in [-0.3, -0.25) is 0 Å². The molecular weight excluding hydrogens is 246 g/mol. The van der Waals surface area contributed by atoms with E-state index in [1.165, 1.54) is 0 Å². The van der Waals surface area contributed by atoms with Crippen LogP contribution < -0.4 is 10.1 Å². The van der Waals surface area contributed by atoms with Crippen molar-refractivity contribution in [3.8, 4) is 5.75 Å². The number of methoxy groups -OCH3 is 1. The van der Waals surface area contributed by atoms with Gasteiger partial charge in [-0.25, -0.2) is 0 Å². The second kappa shape index (κ2) is 5.22. The molecule has 4 heteroatoms. The lowest BCUT2D eigenvalue weighted by molar-refractivity contribution is 0.311. The summed E-state index contributed by atoms with van der Waals surface area (Å²) in [6, 6.07) is 3.90. The normalized spacial score (nSPS) is 10.0. The summed E-state index contributed by atoms with van der Waals surface area (Å²) in [6.07, 6.45) is 0. The molecule has 0 aliphatic rings. The molecule has 0 saturated carbocycles. The molecule has 1 rings (SSSR count). The van der Waals surface area contributed by atoms with E-state index in [0.29, 0.717) is 6.54 Å². The van der Waals surface area contributed by atoms with E-state index in [1.807, 2.05) is 19.1 Å². The fraction of sp³-hybridized carbons (Fsp3) is 0.400. The minimum Gasteiger partial charge on any atom is -0.495 e. The summed E-state index contributed by atoms with van der Waals surface area (Å²) in [5.41, 5.74) is 2.01. The number of nitrogens with one attached hydrogen (secondary N) is 1. The lowest BCUT2D eigenvalue weighted by atomic mass is 10.2. The number of aliphatic hydroxyl groups is 1. The van der Waals surface area contributed by atoms with Gasteiger partial charge in [-0.2, -0.15) is 0 Å². The summed E-state index contributed by atoms with van der Waals surface area (Å²) >= 11 is 3.44. The first kappa shape index (κ1) is 11.3. The second-order valence-corrected chi connectivity index (χ2v) is 3.81. The Morgan fingerprint density at radius 2 is 2.21 bits per heavy atom. The van der Waals surface area contributed by atoms with Crippen molar-refractivity contribution in [2.45, 2.75) is 6.92 Å². The highest BCUT2D eigenvalue weighted by Gasteiger charge is 2.05. The molecule has 0 aliphatic heterocycles. The Balaban J connectivity index is 2.95. The summed E-state index contributed by atoms with van der Waals surface area (Å²) in [6.45, 7) is 2.63. The number of ether oxygens (including phenoxy) is 1. The fourth-order valence-electron chi connectivity index (χ4n) is 1.15. The van der Waals surface area contributed by atoms with Crippen LogP contribution in [0.25, 0.3) is 0 Å². The molecule has 1 aromatic carbocycles. The highest BCUT2D eigenvalue weighted by Crippen LogP contribution is 2.30. The Morgan fingerprint density at radius 3 is 2.79 bits per heavy atom. The third-order valence-electron chi connectivity index (χ3n) is 1.91. The maximum absolute atomic E-state index is 8.70. The molecule has 0 atom stereocenters. The van der Waals surface area contributed by atoms with E-state index in [-0.39, 0.29) is 6.61 Å². The summed E-state index contributed by atoms with van der Waals surface area (Å²) < 4.78 is 6.24. The van der Waals surface area contributed by atoms with Crippen molar-refractivity contribution in [1.29, 1.82) is 0 Å². The first-order chi connectivity index (χ1) is 6.69. The van der Waals surface area contributed by atoms with Crippen molar-refractivity contribution in [1.82, 2.24) is 0 Å². The van der Waals surface area contributed by atoms with Crippen molar-refractivity contribution < 1.29 is 9.84 Å². The van der Waals surface area contributed by atoms with Gasteiger partial charge in [-0.05, 0) is 24.6 Å². The first-order valence-electron chi connectivity index (χ1n) is 4.38. The molecule has 0 bridgehead atoms. The number of aryl methyl sites for hydroxylation is 1. The van der Waals surface area contributed by atoms with Crippen molar-refractivity contribution in [2.75, 3.05) is 25.6 Å². The van der Waals surface area contributed by atoms with Crippen molar-refractivity contribution >= 4 is 21.6 Å². The molecule has 0 spiro atoms. The zero-order valence-corrected chi connectivity index (χ0v) is 9.89. The smallest absolute Gasteiger partial charge is 0.142 e. The van der Waals surface area contributed by atoms with Gasteiger partial charge in [0.15, 0.2) is 0 Å². The zero-order chi connectivity index (χ0) is 10.6. The van der Waals surface area contributed by atoms with E-state index < -0.39 is 0 Å². The molecule has 0 amide bonds. The summed E-state index contributed by atoms with van der Waals surface area (Å²) in [4.78, 5) is 0. The van der Waals surface area contributed by atoms with E-state index >= 15 is 0 Å². The fourth-order valence-corrected chi connectivity index (χ4v) is 1.50. The SMILES string of the molecule is COc1cc(C)c(Br)cc1NCCO. The Morgan fingerprint density at radius 1 is 1.50 bits per heavy atom. The molecule has 3 nitrogen and oxygen atoms in total. The van der Waals surface area contributed by atoms with E-state index in [1.54, 1.807) is 7.11 Å². The Labute approximate surface area is 92.2 Å². The summed E-state index contributed by atoms with van der Waals surface area (Å²) in [5, 5.41) is 11.8. The Bertz CT molecular complexity index is 315. The van der Waals surface area contributed by atoms with Gasteiger partial charge >= 0.3 is 0 Å². The molecule has 78 valence electrons. The summed E-state index contributed by atoms with van der Waals surface area (Å²) in [7, 11) is 1.63. The van der Waals surface area contributed by atoms with Crippen LogP contribution in [0.2, 0.25) is 0 Å².